The van der Waals surface area contributed by atoms with Crippen LogP contribution in [0, 0.1) is 24.0 Å². The number of fused-ring (bicyclic) bond motifs is 1. The molecule has 0 unspecified atom stereocenters. The van der Waals surface area contributed by atoms with Crippen molar-refractivity contribution in [2.45, 2.75) is 45.8 Å². The van der Waals surface area contributed by atoms with Crippen LogP contribution < -0.4 is 26.0 Å². The van der Waals surface area contributed by atoms with Gasteiger partial charge in [-0.25, -0.2) is 4.73 Å². The summed E-state index contributed by atoms with van der Waals surface area (Å²) in [4.78, 5) is 24.6. The van der Waals surface area contributed by atoms with Gasteiger partial charge in [-0.2, -0.15) is 4.98 Å². The zero-order valence-electron chi connectivity index (χ0n) is 19.8. The lowest BCUT2D eigenvalue weighted by atomic mass is 10.1. The van der Waals surface area contributed by atoms with Crippen LogP contribution in [0.3, 0.4) is 0 Å². The Kier molecular flexibility index (Phi) is 6.84. The van der Waals surface area contributed by atoms with Gasteiger partial charge in [-0.15, -0.1) is 5.92 Å². The normalized spacial score (nSPS) is 15.6. The zero-order valence-corrected chi connectivity index (χ0v) is 19.8. The Balaban J connectivity index is 1.65. The number of benzene rings is 1. The molecule has 3 aromatic rings. The Bertz CT molecular complexity index is 1270. The smallest absolute Gasteiger partial charge is 0.321 e. The molecule has 1 aromatic carbocycles. The zero-order chi connectivity index (χ0) is 24.2. The van der Waals surface area contributed by atoms with E-state index in [0.717, 1.165) is 29.5 Å². The minimum atomic E-state index is -0.366. The highest BCUT2D eigenvalue weighted by atomic mass is 16.5. The molecule has 10 nitrogen and oxygen atoms in total. The molecule has 2 aromatic heterocycles. The van der Waals surface area contributed by atoms with E-state index in [-0.39, 0.29) is 24.3 Å². The Hall–Kier alpha value is -3.84. The van der Waals surface area contributed by atoms with E-state index >= 15 is 0 Å². The molecule has 4 N–H and O–H groups in total. The summed E-state index contributed by atoms with van der Waals surface area (Å²) in [5.41, 5.74) is 7.79. The number of hydrogen-bond donors (Lipinski definition) is 3. The summed E-state index contributed by atoms with van der Waals surface area (Å²) in [7, 11) is 1.72. The van der Waals surface area contributed by atoms with Gasteiger partial charge in [-0.3, -0.25) is 9.36 Å². The van der Waals surface area contributed by atoms with Gasteiger partial charge >= 0.3 is 5.82 Å². The molecule has 1 fully saturated rings. The van der Waals surface area contributed by atoms with Gasteiger partial charge in [-0.1, -0.05) is 18.1 Å². The number of hydrogen-bond acceptors (Lipinski definition) is 7. The minimum Gasteiger partial charge on any atom is -0.710 e. The number of aryl methyl sites for hydroxylation is 1. The molecule has 1 aliphatic rings. The van der Waals surface area contributed by atoms with E-state index in [0.29, 0.717) is 41.8 Å². The molecule has 34 heavy (non-hydrogen) atoms. The fourth-order valence-corrected chi connectivity index (χ4v) is 4.31. The SMILES string of the molecule is CC#CCn1c(N2CCC[C@@H](N)C2)nc(NC)c1C(=O)NCc1nc2ccccc2c(C)[n+]1[O-]. The van der Waals surface area contributed by atoms with E-state index in [1.165, 1.54) is 0 Å². The maximum atomic E-state index is 13.4. The third-order valence-corrected chi connectivity index (χ3v) is 6.04. The largest absolute Gasteiger partial charge is 0.710 e. The van der Waals surface area contributed by atoms with E-state index in [1.54, 1.807) is 25.5 Å². The highest BCUT2D eigenvalue weighted by Crippen LogP contribution is 2.26. The Morgan fingerprint density at radius 1 is 1.35 bits per heavy atom. The van der Waals surface area contributed by atoms with E-state index in [9.17, 15) is 10.0 Å². The molecule has 1 aliphatic heterocycles. The predicted octanol–water partition coefficient (Wildman–Crippen LogP) is 1.30. The van der Waals surface area contributed by atoms with Crippen LogP contribution in [-0.4, -0.2) is 46.6 Å². The number of nitrogens with two attached hydrogens (primary N) is 1. The molecule has 1 saturated heterocycles. The lowest BCUT2D eigenvalue weighted by molar-refractivity contribution is -0.622. The van der Waals surface area contributed by atoms with Gasteiger partial charge in [0.2, 0.25) is 5.95 Å². The first-order chi connectivity index (χ1) is 16.4. The van der Waals surface area contributed by atoms with Crippen LogP contribution in [0.2, 0.25) is 0 Å². The second kappa shape index (κ2) is 9.97. The van der Waals surface area contributed by atoms with Crippen LogP contribution in [0.4, 0.5) is 11.8 Å². The van der Waals surface area contributed by atoms with Gasteiger partial charge in [0.25, 0.3) is 5.91 Å². The fourth-order valence-electron chi connectivity index (χ4n) is 4.31. The molecule has 10 heteroatoms. The third-order valence-electron chi connectivity index (χ3n) is 6.04. The van der Waals surface area contributed by atoms with E-state index in [4.69, 9.17) is 10.7 Å². The molecule has 4 rings (SSSR count). The van der Waals surface area contributed by atoms with Crippen molar-refractivity contribution in [1.82, 2.24) is 19.9 Å². The van der Waals surface area contributed by atoms with Crippen LogP contribution >= 0.6 is 0 Å². The number of nitrogens with one attached hydrogen (secondary N) is 2. The van der Waals surface area contributed by atoms with Crippen LogP contribution in [0.1, 0.15) is 41.8 Å². The summed E-state index contributed by atoms with van der Waals surface area (Å²) in [6, 6.07) is 7.49. The number of aromatic nitrogens is 4. The number of carbonyl (C=O) groups is 1. The maximum absolute atomic E-state index is 13.4. The molecular formula is C24H30N8O2. The van der Waals surface area contributed by atoms with Gasteiger partial charge in [0.05, 0.1) is 11.9 Å². The number of anilines is 2. The van der Waals surface area contributed by atoms with Gasteiger partial charge in [0.1, 0.15) is 12.2 Å². The Labute approximate surface area is 198 Å². The molecule has 1 atom stereocenters. The first kappa shape index (κ1) is 23.3. The molecule has 0 radical (unpaired) electrons. The van der Waals surface area contributed by atoms with Gasteiger partial charge in [0, 0.05) is 26.2 Å². The molecule has 178 valence electrons. The van der Waals surface area contributed by atoms with Crippen molar-refractivity contribution in [3.63, 3.8) is 0 Å². The topological polar surface area (TPSA) is 128 Å². The second-order valence-electron chi connectivity index (χ2n) is 8.33. The van der Waals surface area contributed by atoms with Crippen LogP contribution in [0.5, 0.6) is 0 Å². The Morgan fingerprint density at radius 3 is 2.88 bits per heavy atom. The fraction of sp³-hybridized carbons (Fsp3) is 0.417. The van der Waals surface area contributed by atoms with E-state index in [2.05, 4.69) is 32.4 Å². The van der Waals surface area contributed by atoms with Crippen molar-refractivity contribution in [2.75, 3.05) is 30.4 Å². The van der Waals surface area contributed by atoms with Crippen LogP contribution in [0.25, 0.3) is 10.9 Å². The second-order valence-corrected chi connectivity index (χ2v) is 8.33. The number of imidazole rings is 1. The van der Waals surface area contributed by atoms with E-state index in [1.807, 2.05) is 24.3 Å². The van der Waals surface area contributed by atoms with Crippen molar-refractivity contribution >= 4 is 28.6 Å². The quantitative estimate of drug-likeness (QED) is 0.286. The van der Waals surface area contributed by atoms with E-state index < -0.39 is 0 Å². The molecule has 1 amide bonds. The summed E-state index contributed by atoms with van der Waals surface area (Å²) < 4.78 is 2.57. The summed E-state index contributed by atoms with van der Waals surface area (Å²) in [5, 5.41) is 19.4. The average molecular weight is 463 g/mol. The van der Waals surface area contributed by atoms with Crippen LogP contribution in [0.15, 0.2) is 24.3 Å². The number of para-hydroxylation sites is 1. The van der Waals surface area contributed by atoms with Gasteiger partial charge in [-0.05, 0) is 43.8 Å². The van der Waals surface area contributed by atoms with Crippen molar-refractivity contribution in [1.29, 1.82) is 0 Å². The highest BCUT2D eigenvalue weighted by molar-refractivity contribution is 5.98. The van der Waals surface area contributed by atoms with Crippen molar-refractivity contribution in [2.24, 2.45) is 5.73 Å². The molecule has 3 heterocycles. The number of rotatable bonds is 6. The van der Waals surface area contributed by atoms with Gasteiger partial charge in [0.15, 0.2) is 17.0 Å². The summed E-state index contributed by atoms with van der Waals surface area (Å²) >= 11 is 0. The number of nitrogens with zero attached hydrogens (tertiary/aromatic N) is 5. The standard InChI is InChI=1S/C24H30N8O2/c1-4-5-13-31-21(22(26-3)29-24(31)30-12-8-9-17(25)15-30)23(33)27-14-20-28-19-11-7-6-10-18(19)16(2)32(20)34/h6-7,10-11,17,26H,8-9,12-15,25H2,1-3H3,(H,27,33)/t17-/m1/s1. The molecule has 0 bridgehead atoms. The first-order valence-corrected chi connectivity index (χ1v) is 11.4. The first-order valence-electron chi connectivity index (χ1n) is 11.4. The monoisotopic (exact) mass is 462 g/mol. The summed E-state index contributed by atoms with van der Waals surface area (Å²) in [6.45, 7) is 5.26. The summed E-state index contributed by atoms with van der Waals surface area (Å²) in [5.74, 6) is 6.89. The Morgan fingerprint density at radius 2 is 2.15 bits per heavy atom. The average Bonchev–Trinajstić information content (AvgIpc) is 3.22. The van der Waals surface area contributed by atoms with Crippen molar-refractivity contribution in [3.8, 4) is 11.8 Å². The predicted molar refractivity (Wildman–Crippen MR) is 131 cm³/mol. The number of amides is 1. The summed E-state index contributed by atoms with van der Waals surface area (Å²) in [6.07, 6.45) is 1.92. The van der Waals surface area contributed by atoms with Crippen molar-refractivity contribution < 1.29 is 9.52 Å². The number of piperidine rings is 1. The molecular weight excluding hydrogens is 432 g/mol. The van der Waals surface area contributed by atoms with Crippen molar-refractivity contribution in [3.05, 3.63) is 46.7 Å². The molecule has 0 saturated carbocycles. The van der Waals surface area contributed by atoms with Gasteiger partial charge < -0.3 is 26.5 Å². The lowest BCUT2D eigenvalue weighted by Gasteiger charge is -2.31. The third kappa shape index (κ3) is 4.47. The maximum Gasteiger partial charge on any atom is 0.321 e. The minimum absolute atomic E-state index is 0.0221. The highest BCUT2D eigenvalue weighted by Gasteiger charge is 2.28. The number of carbonyl (C=O) groups excluding carboxylic acids is 1. The lowest BCUT2D eigenvalue weighted by Crippen LogP contribution is -2.44. The van der Waals surface area contributed by atoms with Crippen LogP contribution in [-0.2, 0) is 13.1 Å². The molecule has 0 aliphatic carbocycles. The molecule has 0 spiro atoms.